The van der Waals surface area contributed by atoms with Crippen LogP contribution in [0.1, 0.15) is 12.8 Å². The molecule has 1 rings (SSSR count). The number of hydrogen-bond acceptors (Lipinski definition) is 3. The molecule has 1 saturated heterocycles. The van der Waals surface area contributed by atoms with Crippen molar-refractivity contribution in [3.8, 4) is 0 Å². The van der Waals surface area contributed by atoms with Gasteiger partial charge in [-0.1, -0.05) is 34.8 Å². The highest BCUT2D eigenvalue weighted by Crippen LogP contribution is 2.28. The largest absolute Gasteiger partial charge is 0.462 e. The van der Waals surface area contributed by atoms with Crippen LogP contribution in [0.4, 0.5) is 0 Å². The number of rotatable bonds is 2. The van der Waals surface area contributed by atoms with E-state index in [4.69, 9.17) is 39.5 Å². The van der Waals surface area contributed by atoms with Crippen LogP contribution >= 0.6 is 34.8 Å². The van der Waals surface area contributed by atoms with Gasteiger partial charge in [-0.25, -0.2) is 4.79 Å². The molecule has 0 spiro atoms. The first kappa shape index (κ1) is 12.4. The Morgan fingerprint density at radius 1 is 1.36 bits per heavy atom. The molecule has 1 heterocycles. The lowest BCUT2D eigenvalue weighted by Gasteiger charge is -2.22. The lowest BCUT2D eigenvalue weighted by molar-refractivity contribution is -0.144. The Morgan fingerprint density at radius 2 is 1.93 bits per heavy atom. The smallest absolute Gasteiger partial charge is 0.358 e. The number of halogens is 3. The zero-order valence-corrected chi connectivity index (χ0v) is 9.83. The monoisotopic (exact) mass is 259 g/mol. The van der Waals surface area contributed by atoms with E-state index >= 15 is 0 Å². The van der Waals surface area contributed by atoms with Gasteiger partial charge in [0, 0.05) is 0 Å². The van der Waals surface area contributed by atoms with Gasteiger partial charge in [-0.15, -0.1) is 0 Å². The molecule has 0 amide bonds. The van der Waals surface area contributed by atoms with Crippen molar-refractivity contribution in [3.05, 3.63) is 0 Å². The zero-order valence-electron chi connectivity index (χ0n) is 7.56. The van der Waals surface area contributed by atoms with Gasteiger partial charge in [-0.3, -0.25) is 0 Å². The molecule has 1 N–H and O–H groups in total. The van der Waals surface area contributed by atoms with E-state index in [1.54, 1.807) is 0 Å². The topological polar surface area (TPSA) is 38.3 Å². The second kappa shape index (κ2) is 5.40. The van der Waals surface area contributed by atoms with Crippen LogP contribution in [0.2, 0.25) is 0 Å². The number of esters is 1. The number of alkyl halides is 3. The molecule has 0 aromatic rings. The molecule has 0 aromatic carbocycles. The number of nitrogens with one attached hydrogen (secondary N) is 1. The molecule has 0 aliphatic carbocycles. The Kier molecular flexibility index (Phi) is 4.77. The minimum Gasteiger partial charge on any atom is -0.462 e. The second-order valence-electron chi connectivity index (χ2n) is 3.29. The summed E-state index contributed by atoms with van der Waals surface area (Å²) >= 11 is 16.0. The highest BCUT2D eigenvalue weighted by molar-refractivity contribution is 6.75. The van der Waals surface area contributed by atoms with Crippen molar-refractivity contribution < 1.29 is 9.53 Å². The van der Waals surface area contributed by atoms with E-state index in [0.29, 0.717) is 12.5 Å². The third kappa shape index (κ3) is 4.22. The first-order valence-corrected chi connectivity index (χ1v) is 5.58. The molecule has 0 bridgehead atoms. The summed E-state index contributed by atoms with van der Waals surface area (Å²) in [6.45, 7) is 2.25. The Hall–Kier alpha value is 0.300. The maximum atomic E-state index is 11.1. The molecule has 3 nitrogen and oxygen atoms in total. The quantitative estimate of drug-likeness (QED) is 0.609. The van der Waals surface area contributed by atoms with E-state index in [1.807, 2.05) is 0 Å². The molecule has 0 atom stereocenters. The number of ether oxygens (including phenoxy) is 1. The number of piperidine rings is 1. The first-order valence-electron chi connectivity index (χ1n) is 4.45. The Balaban J connectivity index is 2.22. The molecule has 0 aromatic heterocycles. The summed E-state index contributed by atoms with van der Waals surface area (Å²) in [5.74, 6) is -0.409. The van der Waals surface area contributed by atoms with E-state index in [0.717, 1.165) is 25.9 Å². The highest BCUT2D eigenvalue weighted by atomic mass is 35.6. The molecule has 14 heavy (non-hydrogen) atoms. The van der Waals surface area contributed by atoms with E-state index in [1.165, 1.54) is 0 Å². The maximum absolute atomic E-state index is 11.1. The number of hydrogen-bond donors (Lipinski definition) is 1. The van der Waals surface area contributed by atoms with Crippen molar-refractivity contribution >= 4 is 40.8 Å². The fraction of sp³-hybridized carbons (Fsp3) is 0.875. The third-order valence-electron chi connectivity index (χ3n) is 2.14. The molecule has 1 aliphatic heterocycles. The van der Waals surface area contributed by atoms with Crippen molar-refractivity contribution in [2.24, 2.45) is 5.92 Å². The summed E-state index contributed by atoms with van der Waals surface area (Å²) in [6, 6.07) is 0. The lowest BCUT2D eigenvalue weighted by Crippen LogP contribution is -2.32. The Morgan fingerprint density at radius 3 is 2.43 bits per heavy atom. The fourth-order valence-electron chi connectivity index (χ4n) is 1.32. The third-order valence-corrected chi connectivity index (χ3v) is 2.60. The van der Waals surface area contributed by atoms with Gasteiger partial charge < -0.3 is 10.1 Å². The van der Waals surface area contributed by atoms with Crippen LogP contribution < -0.4 is 5.32 Å². The van der Waals surface area contributed by atoms with Gasteiger partial charge in [0.15, 0.2) is 0 Å². The average Bonchev–Trinajstić information content (AvgIpc) is 2.14. The standard InChI is InChI=1S/C8H12Cl3NO2/c9-8(10,11)7(13)14-5-6-1-3-12-4-2-6/h6,12H,1-5H2. The molecular formula is C8H12Cl3NO2. The molecule has 6 heteroatoms. The van der Waals surface area contributed by atoms with Crippen molar-refractivity contribution in [2.75, 3.05) is 19.7 Å². The summed E-state index contributed by atoms with van der Waals surface area (Å²) in [7, 11) is 0. The highest BCUT2D eigenvalue weighted by Gasteiger charge is 2.33. The predicted octanol–water partition coefficient (Wildman–Crippen LogP) is 1.90. The van der Waals surface area contributed by atoms with Gasteiger partial charge in [0.05, 0.1) is 6.61 Å². The Labute approximate surface area is 98.0 Å². The van der Waals surface area contributed by atoms with E-state index in [2.05, 4.69) is 5.32 Å². The van der Waals surface area contributed by atoms with Crippen LogP contribution in [0, 0.1) is 5.92 Å². The summed E-state index contributed by atoms with van der Waals surface area (Å²) in [5.41, 5.74) is 0. The summed E-state index contributed by atoms with van der Waals surface area (Å²) in [4.78, 5) is 11.1. The molecule has 1 fully saturated rings. The van der Waals surface area contributed by atoms with Crippen LogP contribution in [0.25, 0.3) is 0 Å². The maximum Gasteiger partial charge on any atom is 0.358 e. The minimum atomic E-state index is -1.95. The van der Waals surface area contributed by atoms with Crippen LogP contribution in [0.15, 0.2) is 0 Å². The summed E-state index contributed by atoms with van der Waals surface area (Å²) in [6.07, 6.45) is 1.99. The van der Waals surface area contributed by atoms with Gasteiger partial charge in [0.1, 0.15) is 0 Å². The van der Waals surface area contributed by atoms with Crippen molar-refractivity contribution in [1.82, 2.24) is 5.32 Å². The fourth-order valence-corrected chi connectivity index (χ4v) is 1.49. The van der Waals surface area contributed by atoms with Crippen molar-refractivity contribution in [1.29, 1.82) is 0 Å². The van der Waals surface area contributed by atoms with Gasteiger partial charge in [0.25, 0.3) is 3.79 Å². The van der Waals surface area contributed by atoms with Crippen LogP contribution in [0.5, 0.6) is 0 Å². The van der Waals surface area contributed by atoms with E-state index in [9.17, 15) is 4.79 Å². The van der Waals surface area contributed by atoms with Gasteiger partial charge >= 0.3 is 5.97 Å². The van der Waals surface area contributed by atoms with Crippen molar-refractivity contribution in [3.63, 3.8) is 0 Å². The van der Waals surface area contributed by atoms with Crippen LogP contribution in [-0.4, -0.2) is 29.5 Å². The lowest BCUT2D eigenvalue weighted by atomic mass is 9.99. The molecule has 1 aliphatic rings. The predicted molar refractivity (Wildman–Crippen MR) is 56.8 cm³/mol. The average molecular weight is 261 g/mol. The van der Waals surface area contributed by atoms with Crippen LogP contribution in [0.3, 0.4) is 0 Å². The normalized spacial score (nSPS) is 19.4. The van der Waals surface area contributed by atoms with Crippen molar-refractivity contribution in [2.45, 2.75) is 16.6 Å². The molecular weight excluding hydrogens is 248 g/mol. The van der Waals surface area contributed by atoms with E-state index in [-0.39, 0.29) is 0 Å². The summed E-state index contributed by atoms with van der Waals surface area (Å²) < 4.78 is 2.93. The molecule has 0 unspecified atom stereocenters. The zero-order chi connectivity index (χ0) is 10.6. The van der Waals surface area contributed by atoms with Gasteiger partial charge in [-0.2, -0.15) is 0 Å². The first-order chi connectivity index (χ1) is 6.50. The molecule has 0 saturated carbocycles. The van der Waals surface area contributed by atoms with E-state index < -0.39 is 9.76 Å². The van der Waals surface area contributed by atoms with Gasteiger partial charge in [0.2, 0.25) is 0 Å². The summed E-state index contributed by atoms with van der Waals surface area (Å²) in [5, 5.41) is 3.21. The molecule has 0 radical (unpaired) electrons. The SMILES string of the molecule is O=C(OCC1CCNCC1)C(Cl)(Cl)Cl. The van der Waals surface area contributed by atoms with Crippen LogP contribution in [-0.2, 0) is 9.53 Å². The Bertz CT molecular complexity index is 199. The number of carbonyl (C=O) groups is 1. The number of carbonyl (C=O) groups excluding carboxylic acids is 1. The minimum absolute atomic E-state index is 0.342. The molecule has 82 valence electrons. The van der Waals surface area contributed by atoms with Gasteiger partial charge in [-0.05, 0) is 31.8 Å². The second-order valence-corrected chi connectivity index (χ2v) is 5.57.